The minimum Gasteiger partial charge on any atom is -0.406 e. The van der Waals surface area contributed by atoms with E-state index in [1.165, 1.54) is 41.0 Å². The lowest BCUT2D eigenvalue weighted by Gasteiger charge is -2.14. The van der Waals surface area contributed by atoms with E-state index in [0.717, 1.165) is 18.4 Å². The van der Waals surface area contributed by atoms with E-state index in [9.17, 15) is 35.6 Å². The lowest BCUT2D eigenvalue weighted by atomic mass is 9.93. The van der Waals surface area contributed by atoms with Gasteiger partial charge in [0.2, 0.25) is 10.0 Å². The maximum Gasteiger partial charge on any atom is 0.573 e. The van der Waals surface area contributed by atoms with Crippen LogP contribution in [0.3, 0.4) is 0 Å². The summed E-state index contributed by atoms with van der Waals surface area (Å²) in [5.74, 6) is -2.82. The Morgan fingerprint density at radius 3 is 2.53 bits per heavy atom. The Balaban J connectivity index is 2.07. The molecule has 0 fully saturated rings. The standard InChI is InChI=1S/C24H18F4N2O5S/c1-36(33,34)29-23(32)22-21(16-7-3-5-9-20(16)31)17-12-15(35-24(26,27)28)10-11-19(17)30(22)13-14-6-2-4-8-18(14)25/h2-8,10-12H,9,13H2,1H3,(H,29,32). The van der Waals surface area contributed by atoms with Crippen LogP contribution in [-0.4, -0.2) is 37.3 Å². The van der Waals surface area contributed by atoms with E-state index >= 15 is 0 Å². The number of halogens is 4. The SMILES string of the molecule is CS(=O)(=O)NC(=O)c1c(C2=CC=CCC2=O)c2cc(OC(F)(F)F)ccc2n1Cc1ccccc1F. The van der Waals surface area contributed by atoms with Crippen LogP contribution in [0.25, 0.3) is 16.5 Å². The van der Waals surface area contributed by atoms with Crippen LogP contribution in [0.2, 0.25) is 0 Å². The molecule has 1 aliphatic carbocycles. The first kappa shape index (κ1) is 25.2. The largest absolute Gasteiger partial charge is 0.573 e. The molecule has 1 N–H and O–H groups in total. The summed E-state index contributed by atoms with van der Waals surface area (Å²) in [5.41, 5.74) is -0.168. The summed E-state index contributed by atoms with van der Waals surface area (Å²) in [7, 11) is -4.08. The number of hydrogen-bond donors (Lipinski definition) is 1. The summed E-state index contributed by atoms with van der Waals surface area (Å²) in [4.78, 5) is 26.0. The highest BCUT2D eigenvalue weighted by atomic mass is 32.2. The lowest BCUT2D eigenvalue weighted by molar-refractivity contribution is -0.274. The number of ketones is 1. The summed E-state index contributed by atoms with van der Waals surface area (Å²) < 4.78 is 84.1. The molecular formula is C24H18F4N2O5S. The number of hydrogen-bond acceptors (Lipinski definition) is 5. The molecule has 0 saturated heterocycles. The van der Waals surface area contributed by atoms with Crippen LogP contribution in [0, 0.1) is 5.82 Å². The lowest BCUT2D eigenvalue weighted by Crippen LogP contribution is -2.32. The number of carbonyl (C=O) groups is 2. The molecule has 2 aromatic carbocycles. The zero-order valence-corrected chi connectivity index (χ0v) is 19.4. The Morgan fingerprint density at radius 1 is 1.17 bits per heavy atom. The van der Waals surface area contributed by atoms with Gasteiger partial charge in [-0.3, -0.25) is 9.59 Å². The average molecular weight is 522 g/mol. The van der Waals surface area contributed by atoms with Crippen molar-refractivity contribution in [2.45, 2.75) is 19.3 Å². The van der Waals surface area contributed by atoms with Crippen LogP contribution >= 0.6 is 0 Å². The van der Waals surface area contributed by atoms with Crippen LogP contribution < -0.4 is 9.46 Å². The van der Waals surface area contributed by atoms with Gasteiger partial charge < -0.3 is 9.30 Å². The van der Waals surface area contributed by atoms with E-state index in [0.29, 0.717) is 0 Å². The number of aromatic nitrogens is 1. The number of fused-ring (bicyclic) bond motifs is 1. The van der Waals surface area contributed by atoms with Gasteiger partial charge >= 0.3 is 6.36 Å². The summed E-state index contributed by atoms with van der Waals surface area (Å²) >= 11 is 0. The summed E-state index contributed by atoms with van der Waals surface area (Å²) in [6.45, 7) is -0.285. The van der Waals surface area contributed by atoms with Gasteiger partial charge in [0.15, 0.2) is 5.78 Å². The van der Waals surface area contributed by atoms with Crippen molar-refractivity contribution in [3.05, 3.63) is 83.3 Å². The zero-order chi connectivity index (χ0) is 26.3. The number of alkyl halides is 3. The molecule has 4 rings (SSSR count). The van der Waals surface area contributed by atoms with Gasteiger partial charge in [-0.1, -0.05) is 36.4 Å². The van der Waals surface area contributed by atoms with E-state index in [1.54, 1.807) is 12.1 Å². The summed E-state index contributed by atoms with van der Waals surface area (Å²) in [5, 5.41) is 0.0154. The monoisotopic (exact) mass is 522 g/mol. The minimum atomic E-state index is -5.01. The topological polar surface area (TPSA) is 94.5 Å². The van der Waals surface area contributed by atoms with E-state index < -0.39 is 39.6 Å². The van der Waals surface area contributed by atoms with Gasteiger partial charge in [0.1, 0.15) is 17.3 Å². The Kier molecular flexibility index (Phi) is 6.48. The molecule has 1 aliphatic rings. The number of rotatable bonds is 6. The van der Waals surface area contributed by atoms with E-state index in [-0.39, 0.29) is 46.3 Å². The predicted octanol–water partition coefficient (Wildman–Crippen LogP) is 4.33. The van der Waals surface area contributed by atoms with E-state index in [1.807, 2.05) is 4.72 Å². The fraction of sp³-hybridized carbons (Fsp3) is 0.167. The number of carbonyl (C=O) groups excluding carboxylic acids is 2. The molecule has 0 saturated carbocycles. The summed E-state index contributed by atoms with van der Waals surface area (Å²) in [6.07, 6.45) is 0.157. The maximum absolute atomic E-state index is 14.5. The number of sulfonamides is 1. The second-order valence-corrected chi connectivity index (χ2v) is 9.72. The van der Waals surface area contributed by atoms with Crippen molar-refractivity contribution in [2.75, 3.05) is 6.26 Å². The maximum atomic E-state index is 14.5. The second-order valence-electron chi connectivity index (χ2n) is 7.97. The molecule has 1 amide bonds. The number of nitrogens with one attached hydrogen (secondary N) is 1. The molecule has 0 atom stereocenters. The van der Waals surface area contributed by atoms with Crippen molar-refractivity contribution >= 4 is 38.2 Å². The highest BCUT2D eigenvalue weighted by Gasteiger charge is 2.33. The fourth-order valence-electron chi connectivity index (χ4n) is 3.98. The van der Waals surface area contributed by atoms with Crippen molar-refractivity contribution in [3.63, 3.8) is 0 Å². The zero-order valence-electron chi connectivity index (χ0n) is 18.6. The first-order chi connectivity index (χ1) is 16.8. The van der Waals surface area contributed by atoms with Gasteiger partial charge in [-0.25, -0.2) is 17.5 Å². The normalized spacial score (nSPS) is 14.1. The van der Waals surface area contributed by atoms with Crippen LogP contribution in [0.4, 0.5) is 17.6 Å². The van der Waals surface area contributed by atoms with Crippen LogP contribution in [-0.2, 0) is 21.4 Å². The van der Waals surface area contributed by atoms with Crippen molar-refractivity contribution in [1.29, 1.82) is 0 Å². The highest BCUT2D eigenvalue weighted by Crippen LogP contribution is 2.38. The molecule has 1 heterocycles. The quantitative estimate of drug-likeness (QED) is 0.487. The molecule has 0 spiro atoms. The highest BCUT2D eigenvalue weighted by molar-refractivity contribution is 7.89. The van der Waals surface area contributed by atoms with Crippen molar-refractivity contribution in [2.24, 2.45) is 0 Å². The molecular weight excluding hydrogens is 504 g/mol. The molecule has 188 valence electrons. The number of benzene rings is 2. The van der Waals surface area contributed by atoms with Gasteiger partial charge in [0.25, 0.3) is 5.91 Å². The second kappa shape index (κ2) is 9.26. The van der Waals surface area contributed by atoms with Crippen molar-refractivity contribution in [3.8, 4) is 5.75 Å². The third kappa shape index (κ3) is 5.33. The smallest absolute Gasteiger partial charge is 0.406 e. The molecule has 0 radical (unpaired) electrons. The Hall–Kier alpha value is -3.93. The molecule has 36 heavy (non-hydrogen) atoms. The third-order valence-corrected chi connectivity index (χ3v) is 5.88. The number of allylic oxidation sites excluding steroid dienone is 4. The average Bonchev–Trinajstić information content (AvgIpc) is 3.07. The number of amides is 1. The van der Waals surface area contributed by atoms with Gasteiger partial charge in [-0.15, -0.1) is 13.2 Å². The van der Waals surface area contributed by atoms with E-state index in [2.05, 4.69) is 4.74 Å². The number of nitrogens with zero attached hydrogens (tertiary/aromatic N) is 1. The van der Waals surface area contributed by atoms with Gasteiger partial charge in [-0.05, 0) is 24.3 Å². The van der Waals surface area contributed by atoms with Crippen LogP contribution in [0.1, 0.15) is 28.0 Å². The number of Topliss-reactive ketones (excluding diaryl/α,β-unsaturated/α-hetero) is 1. The van der Waals surface area contributed by atoms with Gasteiger partial charge in [0, 0.05) is 34.0 Å². The van der Waals surface area contributed by atoms with Crippen molar-refractivity contribution < 1.29 is 40.3 Å². The van der Waals surface area contributed by atoms with Crippen LogP contribution in [0.15, 0.2) is 60.7 Å². The van der Waals surface area contributed by atoms with Crippen LogP contribution in [0.5, 0.6) is 5.75 Å². The first-order valence-corrected chi connectivity index (χ1v) is 12.3. The van der Waals surface area contributed by atoms with Crippen molar-refractivity contribution in [1.82, 2.24) is 9.29 Å². The molecule has 3 aromatic rings. The minimum absolute atomic E-state index is 0.0154. The van der Waals surface area contributed by atoms with Gasteiger partial charge in [-0.2, -0.15) is 0 Å². The third-order valence-electron chi connectivity index (χ3n) is 5.32. The summed E-state index contributed by atoms with van der Waals surface area (Å²) in [6, 6.07) is 8.86. The molecule has 0 bridgehead atoms. The first-order valence-electron chi connectivity index (χ1n) is 10.4. The fourth-order valence-corrected chi connectivity index (χ4v) is 4.42. The number of ether oxygens (including phenoxy) is 1. The predicted molar refractivity (Wildman–Crippen MR) is 123 cm³/mol. The Labute approximate surface area is 202 Å². The Morgan fingerprint density at radius 2 is 1.89 bits per heavy atom. The van der Waals surface area contributed by atoms with E-state index in [4.69, 9.17) is 0 Å². The molecule has 0 aliphatic heterocycles. The molecule has 0 unspecified atom stereocenters. The van der Waals surface area contributed by atoms with Gasteiger partial charge in [0.05, 0.1) is 12.8 Å². The molecule has 1 aromatic heterocycles. The molecule has 12 heteroatoms. The Bertz CT molecular complexity index is 1550. The molecule has 7 nitrogen and oxygen atoms in total.